The Balaban J connectivity index is 3.39. The second kappa shape index (κ2) is 3.84. The number of hydrogen-bond acceptors (Lipinski definition) is 5. The molecule has 0 aliphatic carbocycles. The molecule has 0 aliphatic rings. The van der Waals surface area contributed by atoms with Gasteiger partial charge >= 0.3 is 10.4 Å². The molecule has 62 valence electrons. The summed E-state index contributed by atoms with van der Waals surface area (Å²) in [5.41, 5.74) is 0. The van der Waals surface area contributed by atoms with Crippen molar-refractivity contribution in [1.82, 2.24) is 4.90 Å². The second-order valence-electron chi connectivity index (χ2n) is 1.82. The summed E-state index contributed by atoms with van der Waals surface area (Å²) in [6.07, 6.45) is 0. The van der Waals surface area contributed by atoms with Gasteiger partial charge in [0.15, 0.2) is 0 Å². The minimum absolute atomic E-state index is 0.0419. The summed E-state index contributed by atoms with van der Waals surface area (Å²) in [6.45, 7) is -0.0419. The van der Waals surface area contributed by atoms with Gasteiger partial charge in [-0.15, -0.1) is 0 Å². The Morgan fingerprint density at radius 3 is 2.30 bits per heavy atom. The van der Waals surface area contributed by atoms with E-state index in [2.05, 4.69) is 9.22 Å². The first-order chi connectivity index (χ1) is 4.42. The minimum Gasteiger partial charge on any atom is -0.284 e. The maximum Gasteiger partial charge on any atom is 0.424 e. The minimum atomic E-state index is -4.47. The smallest absolute Gasteiger partial charge is 0.284 e. The Kier molecular flexibility index (Phi) is 3.76. The van der Waals surface area contributed by atoms with Crippen LogP contribution in [0.15, 0.2) is 0 Å². The first-order valence-corrected chi connectivity index (χ1v) is 3.71. The first kappa shape index (κ1) is 9.79. The lowest BCUT2D eigenvalue weighted by atomic mass is 11.0. The molecule has 0 aromatic rings. The Bertz CT molecular complexity index is 173. The third kappa shape index (κ3) is 7.79. The topological polar surface area (TPSA) is 76.1 Å². The van der Waals surface area contributed by atoms with Gasteiger partial charge in [-0.05, 0) is 14.1 Å². The fourth-order valence-electron chi connectivity index (χ4n) is 0.188. The molecular formula is C3H9NO5S. The molecule has 0 saturated heterocycles. The van der Waals surface area contributed by atoms with E-state index in [1.165, 1.54) is 4.90 Å². The predicted molar refractivity (Wildman–Crippen MR) is 32.3 cm³/mol. The molecule has 0 radical (unpaired) electrons. The van der Waals surface area contributed by atoms with Crippen LogP contribution >= 0.6 is 0 Å². The van der Waals surface area contributed by atoms with E-state index in [9.17, 15) is 8.42 Å². The van der Waals surface area contributed by atoms with Crippen LogP contribution in [0.3, 0.4) is 0 Å². The van der Waals surface area contributed by atoms with Gasteiger partial charge in [0.1, 0.15) is 6.73 Å². The van der Waals surface area contributed by atoms with Crippen molar-refractivity contribution in [2.45, 2.75) is 0 Å². The molecular weight excluding hydrogens is 162 g/mol. The lowest BCUT2D eigenvalue weighted by Gasteiger charge is -2.06. The van der Waals surface area contributed by atoms with E-state index < -0.39 is 10.4 Å². The number of nitrogens with zero attached hydrogens (tertiary/aromatic N) is 1. The second-order valence-corrected chi connectivity index (χ2v) is 2.81. The standard InChI is InChI=1S/C3H9NO5S/c1-4(2)3-8-9-10(5,6)7/h3H2,1-2H3,(H,5,6,7). The molecule has 0 heterocycles. The van der Waals surface area contributed by atoms with E-state index in [0.717, 1.165) is 0 Å². The quantitative estimate of drug-likeness (QED) is 0.260. The molecule has 0 aromatic carbocycles. The summed E-state index contributed by atoms with van der Waals surface area (Å²) < 4.78 is 31.1. The van der Waals surface area contributed by atoms with Crippen LogP contribution in [0.1, 0.15) is 0 Å². The van der Waals surface area contributed by atoms with Crippen molar-refractivity contribution in [2.75, 3.05) is 20.8 Å². The van der Waals surface area contributed by atoms with E-state index in [0.29, 0.717) is 0 Å². The Labute approximate surface area is 59.2 Å². The maximum atomic E-state index is 9.80. The van der Waals surface area contributed by atoms with Gasteiger partial charge in [0.25, 0.3) is 0 Å². The van der Waals surface area contributed by atoms with Crippen molar-refractivity contribution >= 4 is 10.4 Å². The van der Waals surface area contributed by atoms with E-state index >= 15 is 0 Å². The summed E-state index contributed by atoms with van der Waals surface area (Å²) in [6, 6.07) is 0. The van der Waals surface area contributed by atoms with Crippen LogP contribution in [0.5, 0.6) is 0 Å². The largest absolute Gasteiger partial charge is 0.424 e. The molecule has 0 aliphatic heterocycles. The van der Waals surface area contributed by atoms with Crippen LogP contribution < -0.4 is 0 Å². The molecule has 0 fully saturated rings. The van der Waals surface area contributed by atoms with Gasteiger partial charge in [-0.1, -0.05) is 4.33 Å². The molecule has 0 rings (SSSR count). The number of hydrogen-bond donors (Lipinski definition) is 1. The third-order valence-corrected chi connectivity index (χ3v) is 0.713. The van der Waals surface area contributed by atoms with Crippen LogP contribution in [-0.2, 0) is 19.6 Å². The summed E-state index contributed by atoms with van der Waals surface area (Å²) in [5.74, 6) is 0. The summed E-state index contributed by atoms with van der Waals surface area (Å²) >= 11 is 0. The van der Waals surface area contributed by atoms with Crippen LogP contribution in [0.25, 0.3) is 0 Å². The van der Waals surface area contributed by atoms with Crippen molar-refractivity contribution in [2.24, 2.45) is 0 Å². The summed E-state index contributed by atoms with van der Waals surface area (Å²) in [7, 11) is -1.18. The number of rotatable bonds is 4. The highest BCUT2D eigenvalue weighted by molar-refractivity contribution is 7.80. The highest BCUT2D eigenvalue weighted by Gasteiger charge is 2.04. The highest BCUT2D eigenvalue weighted by Crippen LogP contribution is 1.87. The molecule has 6 nitrogen and oxygen atoms in total. The van der Waals surface area contributed by atoms with Crippen LogP contribution in [0, 0.1) is 0 Å². The average molecular weight is 171 g/mol. The average Bonchev–Trinajstić information content (AvgIpc) is 1.59. The predicted octanol–water partition coefficient (Wildman–Crippen LogP) is -0.743. The monoisotopic (exact) mass is 171 g/mol. The Morgan fingerprint density at radius 1 is 1.50 bits per heavy atom. The highest BCUT2D eigenvalue weighted by atomic mass is 32.3. The van der Waals surface area contributed by atoms with Crippen LogP contribution in [-0.4, -0.2) is 38.7 Å². The molecule has 0 bridgehead atoms. The van der Waals surface area contributed by atoms with Gasteiger partial charge in [0, 0.05) is 0 Å². The lowest BCUT2D eigenvalue weighted by Crippen LogP contribution is -2.17. The van der Waals surface area contributed by atoms with Gasteiger partial charge in [-0.2, -0.15) is 8.42 Å². The van der Waals surface area contributed by atoms with Gasteiger partial charge < -0.3 is 0 Å². The fraction of sp³-hybridized carbons (Fsp3) is 1.00. The van der Waals surface area contributed by atoms with Gasteiger partial charge in [0.05, 0.1) is 0 Å². The molecule has 0 saturated carbocycles. The maximum absolute atomic E-state index is 9.80. The molecule has 1 N–H and O–H groups in total. The van der Waals surface area contributed by atoms with Gasteiger partial charge in [-0.3, -0.25) is 9.45 Å². The van der Waals surface area contributed by atoms with E-state index in [1.54, 1.807) is 14.1 Å². The lowest BCUT2D eigenvalue weighted by molar-refractivity contribution is -0.231. The Morgan fingerprint density at radius 2 is 2.00 bits per heavy atom. The molecule has 0 atom stereocenters. The summed E-state index contributed by atoms with van der Waals surface area (Å²) in [4.78, 5) is 5.57. The third-order valence-electron chi connectivity index (χ3n) is 0.445. The van der Waals surface area contributed by atoms with E-state index in [4.69, 9.17) is 4.55 Å². The molecule has 0 aromatic heterocycles. The molecule has 0 unspecified atom stereocenters. The van der Waals surface area contributed by atoms with Crippen molar-refractivity contribution in [1.29, 1.82) is 0 Å². The summed E-state index contributed by atoms with van der Waals surface area (Å²) in [5, 5.41) is 0. The van der Waals surface area contributed by atoms with Crippen molar-refractivity contribution < 1.29 is 22.2 Å². The van der Waals surface area contributed by atoms with Crippen LogP contribution in [0.2, 0.25) is 0 Å². The normalized spacial score (nSPS) is 12.4. The van der Waals surface area contributed by atoms with Crippen molar-refractivity contribution in [3.8, 4) is 0 Å². The van der Waals surface area contributed by atoms with E-state index in [-0.39, 0.29) is 6.73 Å². The van der Waals surface area contributed by atoms with Crippen LogP contribution in [0.4, 0.5) is 0 Å². The SMILES string of the molecule is CN(C)COOS(=O)(=O)O. The zero-order valence-electron chi connectivity index (χ0n) is 5.64. The molecule has 7 heteroatoms. The van der Waals surface area contributed by atoms with Gasteiger partial charge in [0.2, 0.25) is 0 Å². The van der Waals surface area contributed by atoms with Gasteiger partial charge in [-0.25, -0.2) is 4.89 Å². The van der Waals surface area contributed by atoms with E-state index in [1.807, 2.05) is 0 Å². The Hall–Kier alpha value is -0.210. The van der Waals surface area contributed by atoms with Crippen molar-refractivity contribution in [3.05, 3.63) is 0 Å². The first-order valence-electron chi connectivity index (χ1n) is 2.35. The molecule has 0 amide bonds. The molecule has 0 spiro atoms. The fourth-order valence-corrected chi connectivity index (χ4v) is 0.352. The van der Waals surface area contributed by atoms with Crippen molar-refractivity contribution in [3.63, 3.8) is 0 Å². The zero-order valence-corrected chi connectivity index (χ0v) is 6.46. The zero-order chi connectivity index (χ0) is 8.20. The molecule has 10 heavy (non-hydrogen) atoms.